The minimum Gasteiger partial charge on any atom is -0.343 e. The Morgan fingerprint density at radius 2 is 1.52 bits per heavy atom. The first kappa shape index (κ1) is 17.5. The molecule has 7 rings (SSSR count). The Labute approximate surface area is 157 Å². The molecule has 0 aromatic carbocycles. The molecule has 5 unspecified atom stereocenters. The molecule has 1 saturated heterocycles. The summed E-state index contributed by atoms with van der Waals surface area (Å²) in [5.74, 6) is 1.56. The fraction of sp³-hybridized carbons (Fsp3) is 1.00. The molecule has 0 radical (unpaired) electrons. The van der Waals surface area contributed by atoms with Crippen LogP contribution in [0.4, 0.5) is 8.78 Å². The average Bonchev–Trinajstić information content (AvgIpc) is 3.20. The van der Waals surface area contributed by atoms with Crippen LogP contribution in [0, 0.1) is 41.4 Å². The highest BCUT2D eigenvalue weighted by molar-refractivity contribution is 7.86. The second kappa shape index (κ2) is 5.24. The third kappa shape index (κ3) is 2.27. The van der Waals surface area contributed by atoms with E-state index in [2.05, 4.69) is 0 Å². The first-order valence-electron chi connectivity index (χ1n) is 10.4. The zero-order valence-corrected chi connectivity index (χ0v) is 15.9. The van der Waals surface area contributed by atoms with E-state index in [1.165, 1.54) is 6.42 Å². The van der Waals surface area contributed by atoms with Gasteiger partial charge in [0.25, 0.3) is 0 Å². The van der Waals surface area contributed by atoms with Crippen molar-refractivity contribution in [2.45, 2.75) is 74.6 Å². The van der Waals surface area contributed by atoms with E-state index in [1.54, 1.807) is 0 Å². The Kier molecular flexibility index (Phi) is 3.40. The molecule has 1 spiro atoms. The van der Waals surface area contributed by atoms with Crippen LogP contribution < -0.4 is 0 Å². The molecule has 6 saturated carbocycles. The van der Waals surface area contributed by atoms with Gasteiger partial charge in [0.15, 0.2) is 5.79 Å². The number of halogens is 2. The predicted molar refractivity (Wildman–Crippen MR) is 90.3 cm³/mol. The lowest BCUT2D eigenvalue weighted by Gasteiger charge is -2.58. The minimum absolute atomic E-state index is 0.0249. The van der Waals surface area contributed by atoms with Gasteiger partial charge in [-0.2, -0.15) is 17.2 Å². The normalized spacial score (nSPS) is 55.6. The standard InChI is InChI=1S/C19H26F2O5S/c20-18(21,27(22,23)24)8-12-6-11-7-15(12)17-16(11)25-19(26-17)13-2-9-1-10(4-13)5-14(19)3-9/h9-17H,1-8H2,(H,22,23,24). The van der Waals surface area contributed by atoms with Crippen molar-refractivity contribution in [1.82, 2.24) is 0 Å². The minimum atomic E-state index is -5.37. The molecule has 0 amide bonds. The molecule has 6 aliphatic carbocycles. The summed E-state index contributed by atoms with van der Waals surface area (Å²) in [4.78, 5) is 0. The van der Waals surface area contributed by atoms with Gasteiger partial charge in [-0.05, 0) is 74.5 Å². The Hall–Kier alpha value is -0.310. The zero-order chi connectivity index (χ0) is 18.8. The van der Waals surface area contributed by atoms with E-state index in [0.717, 1.165) is 43.9 Å². The summed E-state index contributed by atoms with van der Waals surface area (Å²) in [6.07, 6.45) is 6.25. The molecular weight excluding hydrogens is 378 g/mol. The predicted octanol–water partition coefficient (Wildman–Crippen LogP) is 3.45. The van der Waals surface area contributed by atoms with Gasteiger partial charge >= 0.3 is 15.4 Å². The number of alkyl halides is 2. The second-order valence-electron chi connectivity index (χ2n) is 10.2. The summed E-state index contributed by atoms with van der Waals surface area (Å²) in [7, 11) is -5.37. The van der Waals surface area contributed by atoms with Crippen LogP contribution in [0.2, 0.25) is 0 Å². The van der Waals surface area contributed by atoms with Crippen molar-refractivity contribution in [3.63, 3.8) is 0 Å². The van der Waals surface area contributed by atoms with Crippen molar-refractivity contribution in [3.05, 3.63) is 0 Å². The van der Waals surface area contributed by atoms with Crippen LogP contribution in [-0.2, 0) is 19.6 Å². The maximum Gasteiger partial charge on any atom is 0.370 e. The monoisotopic (exact) mass is 404 g/mol. The van der Waals surface area contributed by atoms with Crippen LogP contribution >= 0.6 is 0 Å². The lowest BCUT2D eigenvalue weighted by Crippen LogP contribution is -2.59. The lowest BCUT2D eigenvalue weighted by molar-refractivity contribution is -0.304. The Balaban J connectivity index is 1.24. The molecular formula is C19H26F2O5S. The van der Waals surface area contributed by atoms with E-state index in [4.69, 9.17) is 14.0 Å². The number of rotatable bonds is 3. The summed E-state index contributed by atoms with van der Waals surface area (Å²) in [5, 5.41) is -4.09. The summed E-state index contributed by atoms with van der Waals surface area (Å²) in [6.45, 7) is 0. The van der Waals surface area contributed by atoms with Crippen LogP contribution in [0.15, 0.2) is 0 Å². The Bertz CT molecular complexity index is 740. The van der Waals surface area contributed by atoms with E-state index in [9.17, 15) is 17.2 Å². The third-order valence-corrected chi connectivity index (χ3v) is 9.71. The van der Waals surface area contributed by atoms with Gasteiger partial charge in [0.05, 0.1) is 12.2 Å². The van der Waals surface area contributed by atoms with Crippen LogP contribution in [0.3, 0.4) is 0 Å². The highest BCUT2D eigenvalue weighted by Gasteiger charge is 2.69. The van der Waals surface area contributed by atoms with Crippen LogP contribution in [0.25, 0.3) is 0 Å². The van der Waals surface area contributed by atoms with E-state index in [0.29, 0.717) is 18.3 Å². The maximum absolute atomic E-state index is 13.9. The highest BCUT2D eigenvalue weighted by atomic mass is 32.2. The van der Waals surface area contributed by atoms with Gasteiger partial charge in [-0.25, -0.2) is 0 Å². The summed E-state index contributed by atoms with van der Waals surface area (Å²) in [5.41, 5.74) is 0. The number of ether oxygens (including phenoxy) is 2. The van der Waals surface area contributed by atoms with Crippen molar-refractivity contribution in [2.75, 3.05) is 0 Å². The van der Waals surface area contributed by atoms with Gasteiger partial charge in [0, 0.05) is 18.3 Å². The third-order valence-electron chi connectivity index (χ3n) is 8.79. The molecule has 0 aromatic heterocycles. The molecule has 27 heavy (non-hydrogen) atoms. The summed E-state index contributed by atoms with van der Waals surface area (Å²) in [6, 6.07) is 0. The summed E-state index contributed by atoms with van der Waals surface area (Å²) < 4.78 is 72.1. The van der Waals surface area contributed by atoms with Crippen LogP contribution in [-0.4, -0.2) is 36.2 Å². The van der Waals surface area contributed by atoms with Gasteiger partial charge in [-0.15, -0.1) is 0 Å². The molecule has 7 aliphatic rings. The quantitative estimate of drug-likeness (QED) is 0.730. The van der Waals surface area contributed by atoms with E-state index >= 15 is 0 Å². The molecule has 5 nitrogen and oxygen atoms in total. The van der Waals surface area contributed by atoms with Gasteiger partial charge in [-0.3, -0.25) is 4.55 Å². The molecule has 1 N–H and O–H groups in total. The summed E-state index contributed by atoms with van der Waals surface area (Å²) >= 11 is 0. The first-order chi connectivity index (χ1) is 12.7. The molecule has 1 aliphatic heterocycles. The molecule has 0 aromatic rings. The van der Waals surface area contributed by atoms with Crippen molar-refractivity contribution < 1.29 is 31.2 Å². The van der Waals surface area contributed by atoms with E-state index < -0.39 is 33.5 Å². The van der Waals surface area contributed by atoms with Crippen molar-refractivity contribution >= 4 is 10.1 Å². The second-order valence-corrected chi connectivity index (χ2v) is 11.7. The van der Waals surface area contributed by atoms with Crippen molar-refractivity contribution in [3.8, 4) is 0 Å². The Morgan fingerprint density at radius 3 is 2.11 bits per heavy atom. The molecule has 1 heterocycles. The highest BCUT2D eigenvalue weighted by Crippen LogP contribution is 2.66. The topological polar surface area (TPSA) is 72.8 Å². The first-order valence-corrected chi connectivity index (χ1v) is 11.8. The zero-order valence-electron chi connectivity index (χ0n) is 15.1. The van der Waals surface area contributed by atoms with Crippen molar-refractivity contribution in [2.24, 2.45) is 41.4 Å². The Morgan fingerprint density at radius 1 is 0.926 bits per heavy atom. The van der Waals surface area contributed by atoms with Gasteiger partial charge in [0.2, 0.25) is 0 Å². The van der Waals surface area contributed by atoms with Crippen LogP contribution in [0.5, 0.6) is 0 Å². The van der Waals surface area contributed by atoms with Crippen LogP contribution in [0.1, 0.15) is 51.4 Å². The van der Waals surface area contributed by atoms with Gasteiger partial charge in [0.1, 0.15) is 0 Å². The SMILES string of the molecule is O=S(=O)(O)C(F)(F)CC1CC2CC1C1OC3(OC21)C1CC2CC(C1)CC3C2. The van der Waals surface area contributed by atoms with E-state index in [-0.39, 0.29) is 24.0 Å². The molecule has 8 heteroatoms. The fourth-order valence-corrected chi connectivity index (χ4v) is 8.45. The average molecular weight is 404 g/mol. The number of fused-ring (bicyclic) bond motifs is 5. The van der Waals surface area contributed by atoms with Gasteiger partial charge in [-0.1, -0.05) is 0 Å². The van der Waals surface area contributed by atoms with Gasteiger partial charge < -0.3 is 9.47 Å². The lowest BCUT2D eigenvalue weighted by atomic mass is 9.53. The van der Waals surface area contributed by atoms with Crippen molar-refractivity contribution in [1.29, 1.82) is 0 Å². The fourth-order valence-electron chi connectivity index (χ4n) is 8.03. The molecule has 6 bridgehead atoms. The van der Waals surface area contributed by atoms with E-state index in [1.807, 2.05) is 0 Å². The number of hydrogen-bond donors (Lipinski definition) is 1. The largest absolute Gasteiger partial charge is 0.370 e. The number of hydrogen-bond acceptors (Lipinski definition) is 4. The molecule has 5 atom stereocenters. The molecule has 152 valence electrons. The smallest absolute Gasteiger partial charge is 0.343 e. The molecule has 7 fully saturated rings. The maximum atomic E-state index is 13.9.